The lowest BCUT2D eigenvalue weighted by molar-refractivity contribution is 0.0785. The van der Waals surface area contributed by atoms with E-state index in [0.717, 1.165) is 5.56 Å². The standard InChI is InChI=1S/C17H19FN2O/c1-3-19-16-14(10-7-11-15(16)18)17(21)20(2)12-13-8-5-4-6-9-13/h4-11,19H,3,12H2,1-2H3. The van der Waals surface area contributed by atoms with Gasteiger partial charge in [-0.1, -0.05) is 36.4 Å². The van der Waals surface area contributed by atoms with Crippen LogP contribution in [-0.4, -0.2) is 24.4 Å². The highest BCUT2D eigenvalue weighted by Gasteiger charge is 2.18. The zero-order chi connectivity index (χ0) is 15.2. The van der Waals surface area contributed by atoms with E-state index in [9.17, 15) is 9.18 Å². The van der Waals surface area contributed by atoms with Crippen LogP contribution in [-0.2, 0) is 6.54 Å². The highest BCUT2D eigenvalue weighted by Crippen LogP contribution is 2.21. The van der Waals surface area contributed by atoms with Gasteiger partial charge in [0.15, 0.2) is 0 Å². The smallest absolute Gasteiger partial charge is 0.256 e. The number of nitrogens with one attached hydrogen (secondary N) is 1. The van der Waals surface area contributed by atoms with Crippen LogP contribution in [0, 0.1) is 5.82 Å². The van der Waals surface area contributed by atoms with Crippen molar-refractivity contribution in [1.82, 2.24) is 4.90 Å². The molecule has 0 saturated carbocycles. The molecule has 3 nitrogen and oxygen atoms in total. The molecule has 0 aliphatic heterocycles. The molecular weight excluding hydrogens is 267 g/mol. The highest BCUT2D eigenvalue weighted by molar-refractivity contribution is 5.99. The van der Waals surface area contributed by atoms with Gasteiger partial charge in [-0.2, -0.15) is 0 Å². The van der Waals surface area contributed by atoms with Crippen molar-refractivity contribution in [2.45, 2.75) is 13.5 Å². The summed E-state index contributed by atoms with van der Waals surface area (Å²) < 4.78 is 13.9. The van der Waals surface area contributed by atoms with Crippen molar-refractivity contribution in [3.8, 4) is 0 Å². The molecule has 0 aliphatic carbocycles. The van der Waals surface area contributed by atoms with E-state index >= 15 is 0 Å². The van der Waals surface area contributed by atoms with E-state index in [1.54, 1.807) is 24.1 Å². The first kappa shape index (κ1) is 15.0. The first-order valence-corrected chi connectivity index (χ1v) is 6.95. The van der Waals surface area contributed by atoms with Gasteiger partial charge in [-0.15, -0.1) is 0 Å². The Hall–Kier alpha value is -2.36. The summed E-state index contributed by atoms with van der Waals surface area (Å²) in [5.41, 5.74) is 1.66. The van der Waals surface area contributed by atoms with Crippen LogP contribution in [0.15, 0.2) is 48.5 Å². The minimum atomic E-state index is -0.407. The fourth-order valence-electron chi connectivity index (χ4n) is 2.19. The Balaban J connectivity index is 2.21. The van der Waals surface area contributed by atoms with Crippen LogP contribution in [0.1, 0.15) is 22.8 Å². The Labute approximate surface area is 124 Å². The van der Waals surface area contributed by atoms with E-state index in [0.29, 0.717) is 18.7 Å². The Morgan fingerprint density at radius 2 is 1.86 bits per heavy atom. The lowest BCUT2D eigenvalue weighted by Gasteiger charge is -2.19. The molecule has 0 aliphatic rings. The Bertz CT molecular complexity index is 613. The maximum atomic E-state index is 13.9. The molecule has 0 fully saturated rings. The summed E-state index contributed by atoms with van der Waals surface area (Å²) in [6.07, 6.45) is 0. The number of para-hydroxylation sites is 1. The number of anilines is 1. The molecule has 1 N–H and O–H groups in total. The van der Waals surface area contributed by atoms with E-state index < -0.39 is 5.82 Å². The minimum Gasteiger partial charge on any atom is -0.382 e. The molecule has 0 spiro atoms. The van der Waals surface area contributed by atoms with E-state index in [1.807, 2.05) is 37.3 Å². The molecule has 110 valence electrons. The van der Waals surface area contributed by atoms with E-state index in [1.165, 1.54) is 6.07 Å². The van der Waals surface area contributed by atoms with Gasteiger partial charge in [0.1, 0.15) is 5.82 Å². The number of hydrogen-bond acceptors (Lipinski definition) is 2. The predicted octanol–water partition coefficient (Wildman–Crippen LogP) is 3.53. The summed E-state index contributed by atoms with van der Waals surface area (Å²) >= 11 is 0. The number of hydrogen-bond donors (Lipinski definition) is 1. The van der Waals surface area contributed by atoms with Crippen molar-refractivity contribution in [3.63, 3.8) is 0 Å². The molecule has 0 radical (unpaired) electrons. The second-order valence-corrected chi connectivity index (χ2v) is 4.84. The van der Waals surface area contributed by atoms with Gasteiger partial charge in [-0.3, -0.25) is 4.79 Å². The molecule has 0 unspecified atom stereocenters. The summed E-state index contributed by atoms with van der Waals surface area (Å²) in [6, 6.07) is 14.3. The zero-order valence-corrected chi connectivity index (χ0v) is 12.3. The molecule has 1 amide bonds. The number of amides is 1. The molecule has 0 heterocycles. The minimum absolute atomic E-state index is 0.200. The Morgan fingerprint density at radius 1 is 1.14 bits per heavy atom. The van der Waals surface area contributed by atoms with Gasteiger partial charge in [0, 0.05) is 20.1 Å². The molecule has 0 aromatic heterocycles. The first-order chi connectivity index (χ1) is 10.1. The van der Waals surface area contributed by atoms with E-state index in [-0.39, 0.29) is 11.6 Å². The van der Waals surface area contributed by atoms with Crippen molar-refractivity contribution >= 4 is 11.6 Å². The van der Waals surface area contributed by atoms with Crippen LogP contribution in [0.25, 0.3) is 0 Å². The average Bonchev–Trinajstić information content (AvgIpc) is 2.50. The monoisotopic (exact) mass is 286 g/mol. The Morgan fingerprint density at radius 3 is 2.52 bits per heavy atom. The van der Waals surface area contributed by atoms with Crippen molar-refractivity contribution in [2.24, 2.45) is 0 Å². The van der Waals surface area contributed by atoms with Gasteiger partial charge >= 0.3 is 0 Å². The van der Waals surface area contributed by atoms with Gasteiger partial charge in [0.25, 0.3) is 5.91 Å². The lowest BCUT2D eigenvalue weighted by atomic mass is 10.1. The number of halogens is 1. The van der Waals surface area contributed by atoms with Crippen LogP contribution < -0.4 is 5.32 Å². The predicted molar refractivity (Wildman–Crippen MR) is 82.8 cm³/mol. The lowest BCUT2D eigenvalue weighted by Crippen LogP contribution is -2.27. The van der Waals surface area contributed by atoms with Crippen LogP contribution in [0.5, 0.6) is 0 Å². The molecule has 21 heavy (non-hydrogen) atoms. The molecule has 2 aromatic rings. The van der Waals surface area contributed by atoms with Crippen molar-refractivity contribution in [2.75, 3.05) is 18.9 Å². The average molecular weight is 286 g/mol. The highest BCUT2D eigenvalue weighted by atomic mass is 19.1. The molecule has 0 bridgehead atoms. The number of benzene rings is 2. The number of nitrogens with zero attached hydrogens (tertiary/aromatic N) is 1. The maximum Gasteiger partial charge on any atom is 0.256 e. The van der Waals surface area contributed by atoms with Gasteiger partial charge in [-0.25, -0.2) is 4.39 Å². The maximum absolute atomic E-state index is 13.9. The van der Waals surface area contributed by atoms with Crippen molar-refractivity contribution in [1.29, 1.82) is 0 Å². The van der Waals surface area contributed by atoms with E-state index in [4.69, 9.17) is 0 Å². The second-order valence-electron chi connectivity index (χ2n) is 4.84. The van der Waals surface area contributed by atoms with Crippen LogP contribution >= 0.6 is 0 Å². The zero-order valence-electron chi connectivity index (χ0n) is 12.3. The fraction of sp³-hybridized carbons (Fsp3) is 0.235. The third-order valence-corrected chi connectivity index (χ3v) is 3.21. The SMILES string of the molecule is CCNc1c(F)cccc1C(=O)N(C)Cc1ccccc1. The summed E-state index contributed by atoms with van der Waals surface area (Å²) in [5, 5.41) is 2.92. The fourth-order valence-corrected chi connectivity index (χ4v) is 2.19. The molecule has 2 aromatic carbocycles. The number of carbonyl (C=O) groups excluding carboxylic acids is 1. The second kappa shape index (κ2) is 6.88. The van der Waals surface area contributed by atoms with Gasteiger partial charge < -0.3 is 10.2 Å². The summed E-state index contributed by atoms with van der Waals surface area (Å²) in [6.45, 7) is 2.92. The first-order valence-electron chi connectivity index (χ1n) is 6.95. The third kappa shape index (κ3) is 3.60. The third-order valence-electron chi connectivity index (χ3n) is 3.21. The van der Waals surface area contributed by atoms with Gasteiger partial charge in [-0.05, 0) is 24.6 Å². The largest absolute Gasteiger partial charge is 0.382 e. The number of rotatable bonds is 5. The molecular formula is C17H19FN2O. The van der Waals surface area contributed by atoms with E-state index in [2.05, 4.69) is 5.32 Å². The van der Waals surface area contributed by atoms with Crippen LogP contribution in [0.4, 0.5) is 10.1 Å². The van der Waals surface area contributed by atoms with Crippen molar-refractivity contribution < 1.29 is 9.18 Å². The quantitative estimate of drug-likeness (QED) is 0.912. The number of carbonyl (C=O) groups is 1. The summed E-state index contributed by atoms with van der Waals surface area (Å²) in [5.74, 6) is -0.606. The molecule has 0 saturated heterocycles. The summed E-state index contributed by atoms with van der Waals surface area (Å²) in [4.78, 5) is 14.1. The molecule has 2 rings (SSSR count). The normalized spacial score (nSPS) is 10.2. The Kier molecular flexibility index (Phi) is 4.93. The topological polar surface area (TPSA) is 32.3 Å². The van der Waals surface area contributed by atoms with Crippen LogP contribution in [0.3, 0.4) is 0 Å². The van der Waals surface area contributed by atoms with Gasteiger partial charge in [0.05, 0.1) is 11.3 Å². The molecule has 4 heteroatoms. The van der Waals surface area contributed by atoms with Crippen molar-refractivity contribution in [3.05, 3.63) is 65.5 Å². The van der Waals surface area contributed by atoms with Gasteiger partial charge in [0.2, 0.25) is 0 Å². The summed E-state index contributed by atoms with van der Waals surface area (Å²) in [7, 11) is 1.72. The molecule has 0 atom stereocenters. The van der Waals surface area contributed by atoms with Crippen LogP contribution in [0.2, 0.25) is 0 Å².